The van der Waals surface area contributed by atoms with Crippen molar-refractivity contribution >= 4 is 0 Å². The molecule has 2 unspecified atom stereocenters. The number of methoxy groups -OCH3 is 1. The summed E-state index contributed by atoms with van der Waals surface area (Å²) in [5, 5.41) is 10.4. The molecule has 0 saturated carbocycles. The van der Waals surface area contributed by atoms with Gasteiger partial charge in [0.2, 0.25) is 0 Å². The molecule has 0 heterocycles. The van der Waals surface area contributed by atoms with Gasteiger partial charge >= 0.3 is 0 Å². The number of benzene rings is 2. The van der Waals surface area contributed by atoms with Gasteiger partial charge in [-0.25, -0.2) is 0 Å². The molecule has 2 atom stereocenters. The lowest BCUT2D eigenvalue weighted by Gasteiger charge is -2.21. The Bertz CT molecular complexity index is 546. The molecule has 2 aromatic carbocycles. The number of rotatable bonds is 6. The molecule has 0 saturated heterocycles. The van der Waals surface area contributed by atoms with Crippen molar-refractivity contribution in [3.8, 4) is 11.5 Å². The van der Waals surface area contributed by atoms with E-state index in [1.807, 2.05) is 55.5 Å². The highest BCUT2D eigenvalue weighted by molar-refractivity contribution is 5.31. The zero-order chi connectivity index (χ0) is 15.2. The maximum Gasteiger partial charge on any atom is 0.126 e. The van der Waals surface area contributed by atoms with Gasteiger partial charge in [0.15, 0.2) is 0 Å². The summed E-state index contributed by atoms with van der Waals surface area (Å²) >= 11 is 0. The highest BCUT2D eigenvalue weighted by Crippen LogP contribution is 2.24. The lowest BCUT2D eigenvalue weighted by atomic mass is 10.0. The van der Waals surface area contributed by atoms with Crippen molar-refractivity contribution in [1.82, 2.24) is 0 Å². The molecule has 0 amide bonds. The molecule has 2 aromatic rings. The third kappa shape index (κ3) is 3.99. The van der Waals surface area contributed by atoms with E-state index in [1.54, 1.807) is 7.11 Å². The van der Waals surface area contributed by atoms with Crippen LogP contribution in [0.3, 0.4) is 0 Å². The molecule has 0 aliphatic carbocycles. The van der Waals surface area contributed by atoms with Gasteiger partial charge in [0.25, 0.3) is 0 Å². The van der Waals surface area contributed by atoms with E-state index >= 15 is 0 Å². The number of ether oxygens (including phenoxy) is 2. The minimum Gasteiger partial charge on any atom is -0.497 e. The van der Waals surface area contributed by atoms with E-state index in [2.05, 4.69) is 6.92 Å². The van der Waals surface area contributed by atoms with Crippen LogP contribution < -0.4 is 9.47 Å². The van der Waals surface area contributed by atoms with Gasteiger partial charge in [-0.2, -0.15) is 0 Å². The first-order valence-electron chi connectivity index (χ1n) is 7.21. The first-order chi connectivity index (χ1) is 10.1. The molecule has 1 N–H and O–H groups in total. The van der Waals surface area contributed by atoms with Crippen molar-refractivity contribution in [3.63, 3.8) is 0 Å². The van der Waals surface area contributed by atoms with Gasteiger partial charge < -0.3 is 14.6 Å². The molecule has 21 heavy (non-hydrogen) atoms. The fourth-order valence-corrected chi connectivity index (χ4v) is 2.15. The SMILES string of the molecule is CCc1ccc(C(O)C(C)Oc2ccc(OC)cc2)cc1. The summed E-state index contributed by atoms with van der Waals surface area (Å²) in [5.74, 6) is 1.50. The Hall–Kier alpha value is -2.00. The maximum absolute atomic E-state index is 10.4. The summed E-state index contributed by atoms with van der Waals surface area (Å²) in [7, 11) is 1.63. The molecule has 2 rings (SSSR count). The summed E-state index contributed by atoms with van der Waals surface area (Å²) < 4.78 is 10.9. The Morgan fingerprint density at radius 1 is 0.952 bits per heavy atom. The van der Waals surface area contributed by atoms with Crippen LogP contribution in [-0.4, -0.2) is 18.3 Å². The molecule has 3 nitrogen and oxygen atoms in total. The van der Waals surface area contributed by atoms with Crippen LogP contribution in [0.25, 0.3) is 0 Å². The topological polar surface area (TPSA) is 38.7 Å². The molecule has 0 spiro atoms. The first kappa shape index (κ1) is 15.4. The van der Waals surface area contributed by atoms with Crippen LogP contribution in [0.15, 0.2) is 48.5 Å². The molecule has 0 fully saturated rings. The second kappa shape index (κ2) is 7.14. The standard InChI is InChI=1S/C18H22O3/c1-4-14-5-7-15(8-6-14)18(19)13(2)21-17-11-9-16(20-3)10-12-17/h5-13,18-19H,4H2,1-3H3. The van der Waals surface area contributed by atoms with Gasteiger partial charge in [-0.1, -0.05) is 31.2 Å². The Balaban J connectivity index is 2.01. The maximum atomic E-state index is 10.4. The number of hydrogen-bond donors (Lipinski definition) is 1. The molecule has 0 aliphatic rings. The largest absolute Gasteiger partial charge is 0.497 e. The van der Waals surface area contributed by atoms with E-state index < -0.39 is 6.10 Å². The molecule has 0 radical (unpaired) electrons. The van der Waals surface area contributed by atoms with Gasteiger partial charge in [-0.15, -0.1) is 0 Å². The summed E-state index contributed by atoms with van der Waals surface area (Å²) in [6, 6.07) is 15.3. The highest BCUT2D eigenvalue weighted by Gasteiger charge is 2.18. The lowest BCUT2D eigenvalue weighted by molar-refractivity contribution is 0.0467. The minimum atomic E-state index is -0.655. The van der Waals surface area contributed by atoms with Crippen molar-refractivity contribution in [1.29, 1.82) is 0 Å². The third-order valence-corrected chi connectivity index (χ3v) is 3.56. The molecule has 0 bridgehead atoms. The molecule has 3 heteroatoms. The molecular formula is C18H22O3. The number of aliphatic hydroxyl groups is 1. The van der Waals surface area contributed by atoms with Crippen LogP contribution in [0.5, 0.6) is 11.5 Å². The fraction of sp³-hybridized carbons (Fsp3) is 0.333. The van der Waals surface area contributed by atoms with Crippen molar-refractivity contribution in [2.75, 3.05) is 7.11 Å². The van der Waals surface area contributed by atoms with Crippen LogP contribution in [0, 0.1) is 0 Å². The van der Waals surface area contributed by atoms with E-state index in [-0.39, 0.29) is 6.10 Å². The monoisotopic (exact) mass is 286 g/mol. The Labute approximate surface area is 126 Å². The highest BCUT2D eigenvalue weighted by atomic mass is 16.5. The van der Waals surface area contributed by atoms with E-state index in [1.165, 1.54) is 5.56 Å². The van der Waals surface area contributed by atoms with Crippen molar-refractivity contribution in [2.45, 2.75) is 32.5 Å². The van der Waals surface area contributed by atoms with Crippen LogP contribution in [0.1, 0.15) is 31.1 Å². The van der Waals surface area contributed by atoms with E-state index in [0.717, 1.165) is 17.7 Å². The second-order valence-corrected chi connectivity index (χ2v) is 5.04. The molecular weight excluding hydrogens is 264 g/mol. The average molecular weight is 286 g/mol. The molecule has 0 aliphatic heterocycles. The van der Waals surface area contributed by atoms with Crippen LogP contribution in [-0.2, 0) is 6.42 Å². The fourth-order valence-electron chi connectivity index (χ4n) is 2.15. The van der Waals surface area contributed by atoms with Gasteiger partial charge in [0.05, 0.1) is 7.11 Å². The first-order valence-corrected chi connectivity index (χ1v) is 7.21. The number of aryl methyl sites for hydroxylation is 1. The van der Waals surface area contributed by atoms with Crippen LogP contribution in [0.2, 0.25) is 0 Å². The minimum absolute atomic E-state index is 0.328. The summed E-state index contributed by atoms with van der Waals surface area (Å²) in [5.41, 5.74) is 2.13. The second-order valence-electron chi connectivity index (χ2n) is 5.04. The zero-order valence-corrected chi connectivity index (χ0v) is 12.7. The third-order valence-electron chi connectivity index (χ3n) is 3.56. The quantitative estimate of drug-likeness (QED) is 0.878. The van der Waals surface area contributed by atoms with Crippen molar-refractivity contribution in [3.05, 3.63) is 59.7 Å². The molecule has 0 aromatic heterocycles. The average Bonchev–Trinajstić information content (AvgIpc) is 2.55. The lowest BCUT2D eigenvalue weighted by Crippen LogP contribution is -2.21. The van der Waals surface area contributed by atoms with Gasteiger partial charge in [-0.3, -0.25) is 0 Å². The van der Waals surface area contributed by atoms with Gasteiger partial charge in [0, 0.05) is 0 Å². The Kier molecular flexibility index (Phi) is 5.23. The van der Waals surface area contributed by atoms with Gasteiger partial charge in [-0.05, 0) is 48.7 Å². The van der Waals surface area contributed by atoms with Crippen LogP contribution >= 0.6 is 0 Å². The number of hydrogen-bond acceptors (Lipinski definition) is 3. The Morgan fingerprint density at radius 2 is 1.52 bits per heavy atom. The van der Waals surface area contributed by atoms with Crippen molar-refractivity contribution in [2.24, 2.45) is 0 Å². The summed E-state index contributed by atoms with van der Waals surface area (Å²) in [4.78, 5) is 0. The predicted molar refractivity (Wildman–Crippen MR) is 83.9 cm³/mol. The molecule has 112 valence electrons. The van der Waals surface area contributed by atoms with E-state index in [0.29, 0.717) is 5.75 Å². The smallest absolute Gasteiger partial charge is 0.126 e. The van der Waals surface area contributed by atoms with E-state index in [4.69, 9.17) is 9.47 Å². The normalized spacial score (nSPS) is 13.5. The van der Waals surface area contributed by atoms with E-state index in [9.17, 15) is 5.11 Å². The number of aliphatic hydroxyl groups excluding tert-OH is 1. The van der Waals surface area contributed by atoms with Crippen molar-refractivity contribution < 1.29 is 14.6 Å². The summed E-state index contributed by atoms with van der Waals surface area (Å²) in [6.07, 6.45) is 0.0118. The Morgan fingerprint density at radius 3 is 2.05 bits per heavy atom. The predicted octanol–water partition coefficient (Wildman–Crippen LogP) is 3.76. The van der Waals surface area contributed by atoms with Gasteiger partial charge in [0.1, 0.15) is 23.7 Å². The summed E-state index contributed by atoms with van der Waals surface area (Å²) in [6.45, 7) is 3.98. The van der Waals surface area contributed by atoms with Crippen LogP contribution in [0.4, 0.5) is 0 Å². The zero-order valence-electron chi connectivity index (χ0n) is 12.7.